The van der Waals surface area contributed by atoms with E-state index in [0.717, 1.165) is 16.4 Å². The van der Waals surface area contributed by atoms with Crippen molar-refractivity contribution < 1.29 is 9.47 Å². The molecule has 0 amide bonds. The lowest BCUT2D eigenvalue weighted by molar-refractivity contribution is -0.0147. The van der Waals surface area contributed by atoms with Crippen LogP contribution >= 0.6 is 22.6 Å². The molecule has 0 aliphatic heterocycles. The lowest BCUT2D eigenvalue weighted by Crippen LogP contribution is -2.34. The van der Waals surface area contributed by atoms with Crippen molar-refractivity contribution in [1.82, 2.24) is 0 Å². The maximum absolute atomic E-state index is 5.81. The zero-order chi connectivity index (χ0) is 13.4. The molecule has 3 heteroatoms. The molecule has 0 N–H and O–H groups in total. The summed E-state index contributed by atoms with van der Waals surface area (Å²) in [4.78, 5) is 0. The average molecular weight is 368 g/mol. The lowest BCUT2D eigenvalue weighted by Gasteiger charge is -2.31. The van der Waals surface area contributed by atoms with Crippen LogP contribution in [0.3, 0.4) is 0 Å². The van der Waals surface area contributed by atoms with Gasteiger partial charge in [0.15, 0.2) is 0 Å². The molecule has 0 bridgehead atoms. The molecule has 0 aromatic carbocycles. The largest absolute Gasteiger partial charge is 0.384 e. The van der Waals surface area contributed by atoms with Gasteiger partial charge in [0.1, 0.15) is 0 Å². The smallest absolute Gasteiger partial charge is 0.0634 e. The van der Waals surface area contributed by atoms with E-state index in [1.807, 2.05) is 14.2 Å². The molecule has 1 rings (SSSR count). The summed E-state index contributed by atoms with van der Waals surface area (Å²) in [6.45, 7) is 3.12. The Bertz CT molecular complexity index is 205. The van der Waals surface area contributed by atoms with Crippen LogP contribution in [0.2, 0.25) is 0 Å². The van der Waals surface area contributed by atoms with Gasteiger partial charge in [0.05, 0.1) is 12.7 Å². The van der Waals surface area contributed by atoms with Gasteiger partial charge in [-0.25, -0.2) is 0 Å². The molecule has 1 saturated carbocycles. The first-order valence-corrected chi connectivity index (χ1v) is 8.63. The van der Waals surface area contributed by atoms with E-state index in [9.17, 15) is 0 Å². The van der Waals surface area contributed by atoms with Crippen molar-refractivity contribution in [2.45, 2.75) is 61.9 Å². The zero-order valence-corrected chi connectivity index (χ0v) is 14.3. The second-order valence-corrected chi connectivity index (χ2v) is 7.32. The molecule has 0 spiro atoms. The first kappa shape index (κ1) is 16.7. The second kappa shape index (κ2) is 9.54. The molecule has 1 aliphatic rings. The highest BCUT2D eigenvalue weighted by Crippen LogP contribution is 2.36. The molecule has 0 aromatic rings. The highest BCUT2D eigenvalue weighted by molar-refractivity contribution is 14.1. The maximum atomic E-state index is 5.81. The van der Waals surface area contributed by atoms with Gasteiger partial charge >= 0.3 is 0 Å². The SMILES string of the molecule is CCCC(I)CC(OC)C(COC)C1CCCC1. The van der Waals surface area contributed by atoms with E-state index in [1.54, 1.807) is 0 Å². The number of ether oxygens (including phenoxy) is 2. The van der Waals surface area contributed by atoms with E-state index >= 15 is 0 Å². The van der Waals surface area contributed by atoms with Crippen LogP contribution in [0.25, 0.3) is 0 Å². The molecule has 0 heterocycles. The number of rotatable bonds is 9. The minimum Gasteiger partial charge on any atom is -0.384 e. The van der Waals surface area contributed by atoms with E-state index in [-0.39, 0.29) is 0 Å². The van der Waals surface area contributed by atoms with E-state index < -0.39 is 0 Å². The third-order valence-electron chi connectivity index (χ3n) is 4.23. The third kappa shape index (κ3) is 5.33. The van der Waals surface area contributed by atoms with E-state index in [1.165, 1.54) is 44.9 Å². The number of hydrogen-bond acceptors (Lipinski definition) is 2. The molecule has 1 fully saturated rings. The molecule has 0 saturated heterocycles. The van der Waals surface area contributed by atoms with Crippen molar-refractivity contribution in [2.75, 3.05) is 20.8 Å². The number of alkyl halides is 1. The fraction of sp³-hybridized carbons (Fsp3) is 1.00. The van der Waals surface area contributed by atoms with Crippen molar-refractivity contribution in [2.24, 2.45) is 11.8 Å². The van der Waals surface area contributed by atoms with Crippen LogP contribution in [-0.4, -0.2) is 30.9 Å². The molecule has 2 nitrogen and oxygen atoms in total. The first-order valence-electron chi connectivity index (χ1n) is 7.38. The standard InChI is InChI=1S/C15H29IO2/c1-4-7-13(16)10-15(18-3)14(11-17-2)12-8-5-6-9-12/h12-15H,4-11H2,1-3H3. The van der Waals surface area contributed by atoms with Crippen molar-refractivity contribution in [3.05, 3.63) is 0 Å². The lowest BCUT2D eigenvalue weighted by atomic mass is 9.84. The van der Waals surface area contributed by atoms with Gasteiger partial charge in [-0.2, -0.15) is 0 Å². The third-order valence-corrected chi connectivity index (χ3v) is 5.37. The molecule has 3 unspecified atom stereocenters. The Labute approximate surface area is 126 Å². The van der Waals surface area contributed by atoms with Gasteiger partial charge < -0.3 is 9.47 Å². The van der Waals surface area contributed by atoms with Crippen LogP contribution in [-0.2, 0) is 9.47 Å². The highest BCUT2D eigenvalue weighted by atomic mass is 127. The van der Waals surface area contributed by atoms with Crippen LogP contribution in [0.4, 0.5) is 0 Å². The quantitative estimate of drug-likeness (QED) is 0.442. The van der Waals surface area contributed by atoms with Gasteiger partial charge in [-0.3, -0.25) is 0 Å². The Morgan fingerprint density at radius 2 is 1.89 bits per heavy atom. The normalized spacial score (nSPS) is 22.0. The Morgan fingerprint density at radius 1 is 1.22 bits per heavy atom. The Kier molecular flexibility index (Phi) is 8.85. The van der Waals surface area contributed by atoms with Gasteiger partial charge in [-0.05, 0) is 18.8 Å². The summed E-state index contributed by atoms with van der Waals surface area (Å²) in [6, 6.07) is 0. The minimum atomic E-state index is 0.376. The molecule has 0 radical (unpaired) electrons. The summed E-state index contributed by atoms with van der Waals surface area (Å²) in [7, 11) is 3.69. The Morgan fingerprint density at radius 3 is 2.39 bits per heavy atom. The number of hydrogen-bond donors (Lipinski definition) is 0. The van der Waals surface area contributed by atoms with Gasteiger partial charge in [0.2, 0.25) is 0 Å². The van der Waals surface area contributed by atoms with E-state index in [2.05, 4.69) is 29.5 Å². The van der Waals surface area contributed by atoms with E-state index in [0.29, 0.717) is 12.0 Å². The van der Waals surface area contributed by atoms with Crippen LogP contribution < -0.4 is 0 Å². The highest BCUT2D eigenvalue weighted by Gasteiger charge is 2.32. The number of methoxy groups -OCH3 is 2. The fourth-order valence-corrected chi connectivity index (χ4v) is 4.38. The number of halogens is 1. The Hall–Kier alpha value is 0.650. The monoisotopic (exact) mass is 368 g/mol. The molecular formula is C15H29IO2. The summed E-state index contributed by atoms with van der Waals surface area (Å²) in [5.74, 6) is 1.41. The van der Waals surface area contributed by atoms with Gasteiger partial charge in [0.25, 0.3) is 0 Å². The summed E-state index contributed by atoms with van der Waals surface area (Å²) in [5, 5.41) is 0. The second-order valence-electron chi connectivity index (χ2n) is 5.56. The van der Waals surface area contributed by atoms with Crippen molar-refractivity contribution >= 4 is 22.6 Å². The molecule has 18 heavy (non-hydrogen) atoms. The summed E-state index contributed by atoms with van der Waals surface area (Å²) in [6.07, 6.45) is 9.64. The van der Waals surface area contributed by atoms with Gasteiger partial charge in [-0.15, -0.1) is 0 Å². The Balaban J connectivity index is 2.55. The van der Waals surface area contributed by atoms with Crippen molar-refractivity contribution in [3.8, 4) is 0 Å². The van der Waals surface area contributed by atoms with E-state index in [4.69, 9.17) is 9.47 Å². The van der Waals surface area contributed by atoms with Crippen molar-refractivity contribution in [1.29, 1.82) is 0 Å². The van der Waals surface area contributed by atoms with Gasteiger partial charge in [0, 0.05) is 24.1 Å². The van der Waals surface area contributed by atoms with Crippen LogP contribution in [0.5, 0.6) is 0 Å². The summed E-state index contributed by atoms with van der Waals surface area (Å²) >= 11 is 2.58. The molecular weight excluding hydrogens is 339 g/mol. The van der Waals surface area contributed by atoms with Gasteiger partial charge in [-0.1, -0.05) is 61.6 Å². The molecule has 1 aliphatic carbocycles. The zero-order valence-electron chi connectivity index (χ0n) is 12.2. The minimum absolute atomic E-state index is 0.376. The fourth-order valence-electron chi connectivity index (χ4n) is 3.25. The van der Waals surface area contributed by atoms with Crippen LogP contribution in [0, 0.1) is 11.8 Å². The first-order chi connectivity index (χ1) is 8.72. The summed E-state index contributed by atoms with van der Waals surface area (Å²) in [5.41, 5.74) is 0. The summed E-state index contributed by atoms with van der Waals surface area (Å²) < 4.78 is 12.0. The maximum Gasteiger partial charge on any atom is 0.0634 e. The predicted octanol–water partition coefficient (Wildman–Crippen LogP) is 4.45. The predicted molar refractivity (Wildman–Crippen MR) is 85.5 cm³/mol. The molecule has 3 atom stereocenters. The van der Waals surface area contributed by atoms with Crippen LogP contribution in [0.1, 0.15) is 51.9 Å². The molecule has 108 valence electrons. The molecule has 0 aromatic heterocycles. The van der Waals surface area contributed by atoms with Crippen molar-refractivity contribution in [3.63, 3.8) is 0 Å². The average Bonchev–Trinajstić information content (AvgIpc) is 2.87. The van der Waals surface area contributed by atoms with Crippen LogP contribution in [0.15, 0.2) is 0 Å². The topological polar surface area (TPSA) is 18.5 Å².